The van der Waals surface area contributed by atoms with E-state index in [1.807, 2.05) is 12.1 Å². The van der Waals surface area contributed by atoms with Gasteiger partial charge in [-0.2, -0.15) is 0 Å². The highest BCUT2D eigenvalue weighted by molar-refractivity contribution is 5.80. The van der Waals surface area contributed by atoms with Crippen molar-refractivity contribution in [3.63, 3.8) is 0 Å². The van der Waals surface area contributed by atoms with E-state index in [0.29, 0.717) is 5.91 Å². The van der Waals surface area contributed by atoms with Crippen molar-refractivity contribution in [3.8, 4) is 11.5 Å². The molecule has 1 aliphatic carbocycles. The molecule has 0 bridgehead atoms. The number of rotatable bonds is 4. The van der Waals surface area contributed by atoms with Crippen LogP contribution in [0.15, 0.2) is 18.2 Å². The predicted molar refractivity (Wildman–Crippen MR) is 85.2 cm³/mol. The molecule has 120 valence electrons. The highest BCUT2D eigenvalue weighted by atomic mass is 16.5. The molecule has 1 heterocycles. The second kappa shape index (κ2) is 6.59. The van der Waals surface area contributed by atoms with E-state index in [2.05, 4.69) is 11.0 Å². The molecule has 22 heavy (non-hydrogen) atoms. The molecule has 1 amide bonds. The quantitative estimate of drug-likeness (QED) is 0.853. The molecule has 1 atom stereocenters. The lowest BCUT2D eigenvalue weighted by atomic mass is 10.0. The first-order valence-corrected chi connectivity index (χ1v) is 8.27. The van der Waals surface area contributed by atoms with E-state index in [9.17, 15) is 4.79 Å². The summed E-state index contributed by atoms with van der Waals surface area (Å²) in [5.74, 6) is 2.08. The molecule has 1 saturated carbocycles. The third-order valence-electron chi connectivity index (χ3n) is 5.03. The SMILES string of the molecule is COc1ccc([C@@H]2CCCN2C(=O)C2CCCC2)cc1OC. The summed E-state index contributed by atoms with van der Waals surface area (Å²) in [6, 6.07) is 6.20. The number of carbonyl (C=O) groups excluding carboxylic acids is 1. The molecule has 2 fully saturated rings. The van der Waals surface area contributed by atoms with Crippen LogP contribution in [0, 0.1) is 5.92 Å². The maximum absolute atomic E-state index is 12.8. The molecule has 1 aromatic carbocycles. The van der Waals surface area contributed by atoms with Crippen molar-refractivity contribution in [1.82, 2.24) is 4.90 Å². The molecule has 3 rings (SSSR count). The fourth-order valence-electron chi connectivity index (χ4n) is 3.84. The van der Waals surface area contributed by atoms with Gasteiger partial charge in [0.25, 0.3) is 0 Å². The van der Waals surface area contributed by atoms with Gasteiger partial charge in [0.05, 0.1) is 20.3 Å². The van der Waals surface area contributed by atoms with Crippen molar-refractivity contribution in [3.05, 3.63) is 23.8 Å². The molecule has 0 unspecified atom stereocenters. The van der Waals surface area contributed by atoms with Gasteiger partial charge in [0.1, 0.15) is 0 Å². The van der Waals surface area contributed by atoms with Crippen LogP contribution in [0.5, 0.6) is 11.5 Å². The van der Waals surface area contributed by atoms with Crippen LogP contribution in [0.4, 0.5) is 0 Å². The summed E-state index contributed by atoms with van der Waals surface area (Å²) >= 11 is 0. The molecule has 0 aromatic heterocycles. The number of carbonyl (C=O) groups is 1. The first-order valence-electron chi connectivity index (χ1n) is 8.27. The Balaban J connectivity index is 1.82. The van der Waals surface area contributed by atoms with Crippen molar-refractivity contribution >= 4 is 5.91 Å². The zero-order chi connectivity index (χ0) is 15.5. The number of hydrogen-bond acceptors (Lipinski definition) is 3. The van der Waals surface area contributed by atoms with E-state index < -0.39 is 0 Å². The Labute approximate surface area is 132 Å². The largest absolute Gasteiger partial charge is 0.493 e. The molecule has 2 aliphatic rings. The molecular weight excluding hydrogens is 278 g/mol. The molecule has 1 aliphatic heterocycles. The van der Waals surface area contributed by atoms with Gasteiger partial charge in [-0.3, -0.25) is 4.79 Å². The van der Waals surface area contributed by atoms with Gasteiger partial charge in [-0.05, 0) is 43.4 Å². The summed E-state index contributed by atoms with van der Waals surface area (Å²) in [5, 5.41) is 0. The highest BCUT2D eigenvalue weighted by Crippen LogP contribution is 2.39. The Morgan fingerprint density at radius 2 is 1.77 bits per heavy atom. The second-order valence-electron chi connectivity index (χ2n) is 6.29. The Kier molecular flexibility index (Phi) is 4.55. The van der Waals surface area contributed by atoms with Crippen LogP contribution in [0.3, 0.4) is 0 Å². The summed E-state index contributed by atoms with van der Waals surface area (Å²) in [6.07, 6.45) is 6.64. The smallest absolute Gasteiger partial charge is 0.226 e. The van der Waals surface area contributed by atoms with Crippen LogP contribution in [0.2, 0.25) is 0 Å². The summed E-state index contributed by atoms with van der Waals surface area (Å²) in [7, 11) is 3.29. The number of likely N-dealkylation sites (tertiary alicyclic amines) is 1. The van der Waals surface area contributed by atoms with Crippen LogP contribution < -0.4 is 9.47 Å². The monoisotopic (exact) mass is 303 g/mol. The average Bonchev–Trinajstić information content (AvgIpc) is 3.24. The molecule has 0 N–H and O–H groups in total. The van der Waals surface area contributed by atoms with Crippen LogP contribution in [0.25, 0.3) is 0 Å². The lowest BCUT2D eigenvalue weighted by molar-refractivity contribution is -0.136. The van der Waals surface area contributed by atoms with Gasteiger partial charge in [0.2, 0.25) is 5.91 Å². The van der Waals surface area contributed by atoms with Crippen molar-refractivity contribution in [2.45, 2.75) is 44.6 Å². The van der Waals surface area contributed by atoms with Gasteiger partial charge >= 0.3 is 0 Å². The summed E-state index contributed by atoms with van der Waals surface area (Å²) < 4.78 is 10.7. The third-order valence-corrected chi connectivity index (χ3v) is 5.03. The van der Waals surface area contributed by atoms with Gasteiger partial charge in [-0.25, -0.2) is 0 Å². The zero-order valence-electron chi connectivity index (χ0n) is 13.5. The fourth-order valence-corrected chi connectivity index (χ4v) is 3.84. The van der Waals surface area contributed by atoms with E-state index in [1.165, 1.54) is 12.8 Å². The minimum Gasteiger partial charge on any atom is -0.493 e. The van der Waals surface area contributed by atoms with E-state index in [4.69, 9.17) is 9.47 Å². The van der Waals surface area contributed by atoms with Crippen LogP contribution in [-0.4, -0.2) is 31.6 Å². The zero-order valence-corrected chi connectivity index (χ0v) is 13.5. The minimum atomic E-state index is 0.188. The number of amides is 1. The molecule has 1 aromatic rings. The number of methoxy groups -OCH3 is 2. The topological polar surface area (TPSA) is 38.8 Å². The Bertz CT molecular complexity index is 537. The van der Waals surface area contributed by atoms with E-state index in [0.717, 1.165) is 49.3 Å². The Morgan fingerprint density at radius 1 is 1.05 bits per heavy atom. The van der Waals surface area contributed by atoms with E-state index in [1.54, 1.807) is 14.2 Å². The van der Waals surface area contributed by atoms with Crippen LogP contribution >= 0.6 is 0 Å². The molecule has 4 heteroatoms. The minimum absolute atomic E-state index is 0.188. The molecule has 1 saturated heterocycles. The lowest BCUT2D eigenvalue weighted by Crippen LogP contribution is -2.34. The van der Waals surface area contributed by atoms with Crippen LogP contribution in [-0.2, 0) is 4.79 Å². The van der Waals surface area contributed by atoms with Gasteiger partial charge in [0.15, 0.2) is 11.5 Å². The lowest BCUT2D eigenvalue weighted by Gasteiger charge is -2.28. The first-order chi connectivity index (χ1) is 10.7. The predicted octanol–water partition coefficient (Wildman–Crippen LogP) is 3.56. The molecule has 4 nitrogen and oxygen atoms in total. The molecular formula is C18H25NO3. The third kappa shape index (κ3) is 2.79. The Hall–Kier alpha value is -1.71. The number of hydrogen-bond donors (Lipinski definition) is 0. The summed E-state index contributed by atoms with van der Waals surface area (Å²) in [6.45, 7) is 0.883. The molecule has 0 spiro atoms. The van der Waals surface area contributed by atoms with Crippen molar-refractivity contribution in [2.75, 3.05) is 20.8 Å². The maximum Gasteiger partial charge on any atom is 0.226 e. The van der Waals surface area contributed by atoms with Gasteiger partial charge in [-0.1, -0.05) is 18.9 Å². The van der Waals surface area contributed by atoms with Gasteiger partial charge in [0, 0.05) is 12.5 Å². The normalized spacial score (nSPS) is 22.1. The van der Waals surface area contributed by atoms with Gasteiger partial charge < -0.3 is 14.4 Å². The standard InChI is InChI=1S/C18H25NO3/c1-21-16-10-9-14(12-17(16)22-2)15-8-5-11-19(15)18(20)13-6-3-4-7-13/h9-10,12-13,15H,3-8,11H2,1-2H3/t15-/m0/s1. The fraction of sp³-hybridized carbons (Fsp3) is 0.611. The summed E-state index contributed by atoms with van der Waals surface area (Å²) in [4.78, 5) is 14.9. The van der Waals surface area contributed by atoms with Crippen molar-refractivity contribution in [1.29, 1.82) is 0 Å². The van der Waals surface area contributed by atoms with Crippen LogP contribution in [0.1, 0.15) is 50.1 Å². The van der Waals surface area contributed by atoms with Gasteiger partial charge in [-0.15, -0.1) is 0 Å². The van der Waals surface area contributed by atoms with Crippen molar-refractivity contribution < 1.29 is 14.3 Å². The number of benzene rings is 1. The average molecular weight is 303 g/mol. The number of ether oxygens (including phenoxy) is 2. The molecule has 0 radical (unpaired) electrons. The second-order valence-corrected chi connectivity index (χ2v) is 6.29. The van der Waals surface area contributed by atoms with E-state index >= 15 is 0 Å². The first kappa shape index (κ1) is 15.2. The van der Waals surface area contributed by atoms with E-state index in [-0.39, 0.29) is 12.0 Å². The number of nitrogens with zero attached hydrogens (tertiary/aromatic N) is 1. The highest BCUT2D eigenvalue weighted by Gasteiger charge is 2.35. The summed E-state index contributed by atoms with van der Waals surface area (Å²) in [5.41, 5.74) is 1.15. The maximum atomic E-state index is 12.8. The Morgan fingerprint density at radius 3 is 2.45 bits per heavy atom. The van der Waals surface area contributed by atoms with Crippen molar-refractivity contribution in [2.24, 2.45) is 5.92 Å².